The van der Waals surface area contributed by atoms with Crippen LogP contribution in [0.3, 0.4) is 0 Å². The van der Waals surface area contributed by atoms with Gasteiger partial charge in [0.2, 0.25) is 0 Å². The molecule has 4 heteroatoms. The molecule has 1 N–H and O–H groups in total. The fraction of sp³-hybridized carbons (Fsp3) is 0.900. The average Bonchev–Trinajstić information content (AvgIpc) is 1.79. The normalized spacial score (nSPS) is 12.3. The zero-order valence-electron chi connectivity index (χ0n) is 10.2. The first kappa shape index (κ1) is 15.7. The zero-order valence-corrected chi connectivity index (χ0v) is 10.2. The van der Waals surface area contributed by atoms with Crippen molar-refractivity contribution in [3.63, 3.8) is 0 Å². The van der Waals surface area contributed by atoms with Gasteiger partial charge in [-0.1, -0.05) is 0 Å². The van der Waals surface area contributed by atoms with Crippen LogP contribution in [0.15, 0.2) is 10.2 Å². The summed E-state index contributed by atoms with van der Waals surface area (Å²) in [6.07, 6.45) is 0. The Bertz CT molecular complexity index is 177. The average molecular weight is 202 g/mol. The summed E-state index contributed by atoms with van der Waals surface area (Å²) >= 11 is 0. The van der Waals surface area contributed by atoms with Gasteiger partial charge in [-0.25, -0.2) is 0 Å². The Morgan fingerprint density at radius 3 is 1.36 bits per heavy atom. The van der Waals surface area contributed by atoms with Crippen LogP contribution in [0.5, 0.6) is 0 Å². The van der Waals surface area contributed by atoms with Crippen LogP contribution in [0.2, 0.25) is 0 Å². The molecule has 0 aliphatic carbocycles. The van der Waals surface area contributed by atoms with E-state index in [2.05, 4.69) is 10.2 Å². The summed E-state index contributed by atoms with van der Waals surface area (Å²) in [5, 5.41) is 16.7. The van der Waals surface area contributed by atoms with Crippen molar-refractivity contribution in [2.45, 2.75) is 59.7 Å². The minimum absolute atomic E-state index is 0.167. The van der Waals surface area contributed by atoms with Crippen LogP contribution in [-0.2, 0) is 4.79 Å². The minimum Gasteiger partial charge on any atom is -0.368 e. The second kappa shape index (κ2) is 5.86. The van der Waals surface area contributed by atoms with Crippen LogP contribution >= 0.6 is 0 Å². The molecule has 4 nitrogen and oxygen atoms in total. The van der Waals surface area contributed by atoms with Gasteiger partial charge in [-0.2, -0.15) is 10.2 Å². The first-order chi connectivity index (χ1) is 5.94. The number of carbonyl (C=O) groups is 1. The number of nitrogens with zero attached hydrogens (tertiary/aromatic N) is 2. The molecule has 0 aromatic rings. The van der Waals surface area contributed by atoms with E-state index in [9.17, 15) is 4.79 Å². The molecule has 0 spiro atoms. The first-order valence-corrected chi connectivity index (χ1v) is 4.57. The van der Waals surface area contributed by atoms with E-state index in [-0.39, 0.29) is 11.3 Å². The van der Waals surface area contributed by atoms with Crippen LogP contribution in [0, 0.1) is 0 Å². The molecule has 0 aliphatic rings. The third-order valence-electron chi connectivity index (χ3n) is 0.595. The summed E-state index contributed by atoms with van der Waals surface area (Å²) in [5.41, 5.74) is -1.23. The van der Waals surface area contributed by atoms with E-state index in [0.29, 0.717) is 0 Å². The lowest BCUT2D eigenvalue weighted by Crippen LogP contribution is -2.17. The molecule has 14 heavy (non-hydrogen) atoms. The molecule has 0 bridgehead atoms. The molecule has 0 saturated carbocycles. The van der Waals surface area contributed by atoms with E-state index in [1.807, 2.05) is 20.8 Å². The molecule has 0 amide bonds. The number of hydrogen-bond acceptors (Lipinski definition) is 4. The third-order valence-corrected chi connectivity index (χ3v) is 0.595. The van der Waals surface area contributed by atoms with Crippen molar-refractivity contribution in [1.29, 1.82) is 0 Å². The molecule has 0 fully saturated rings. The van der Waals surface area contributed by atoms with Crippen LogP contribution in [-0.4, -0.2) is 22.2 Å². The fourth-order valence-electron chi connectivity index (χ4n) is 0.272. The topological polar surface area (TPSA) is 62.0 Å². The maximum Gasteiger partial charge on any atom is 0.170 e. The molecule has 84 valence electrons. The second-order valence-corrected chi connectivity index (χ2v) is 4.77. The van der Waals surface area contributed by atoms with Crippen LogP contribution in [0.4, 0.5) is 0 Å². The van der Waals surface area contributed by atoms with E-state index in [1.54, 1.807) is 13.8 Å². The van der Waals surface area contributed by atoms with E-state index in [4.69, 9.17) is 5.11 Å². The zero-order chi connectivity index (χ0) is 12.0. The van der Waals surface area contributed by atoms with E-state index < -0.39 is 5.72 Å². The molecule has 0 radical (unpaired) electrons. The van der Waals surface area contributed by atoms with E-state index in [0.717, 1.165) is 0 Å². The monoisotopic (exact) mass is 202 g/mol. The Hall–Kier alpha value is -0.770. The summed E-state index contributed by atoms with van der Waals surface area (Å²) in [7, 11) is 0. The maximum atomic E-state index is 9.44. The Morgan fingerprint density at radius 2 is 1.29 bits per heavy atom. The lowest BCUT2D eigenvalue weighted by molar-refractivity contribution is -0.114. The predicted molar refractivity (Wildman–Crippen MR) is 57.3 cm³/mol. The predicted octanol–water partition coefficient (Wildman–Crippen LogP) is 2.56. The third kappa shape index (κ3) is 30.3. The molecule has 0 unspecified atom stereocenters. The molecule has 0 atom stereocenters. The van der Waals surface area contributed by atoms with Gasteiger partial charge in [-0.05, 0) is 48.5 Å². The summed E-state index contributed by atoms with van der Waals surface area (Å²) in [6.45, 7) is 12.1. The van der Waals surface area contributed by atoms with Gasteiger partial charge in [0, 0.05) is 0 Å². The van der Waals surface area contributed by atoms with Gasteiger partial charge >= 0.3 is 0 Å². The van der Waals surface area contributed by atoms with Crippen LogP contribution in [0.1, 0.15) is 48.5 Å². The van der Waals surface area contributed by atoms with Crippen molar-refractivity contribution in [1.82, 2.24) is 0 Å². The number of aliphatic hydroxyl groups is 1. The largest absolute Gasteiger partial charge is 0.368 e. The molecule has 0 rings (SSSR count). The van der Waals surface area contributed by atoms with Crippen molar-refractivity contribution < 1.29 is 9.90 Å². The highest BCUT2D eigenvalue weighted by Gasteiger charge is 2.13. The van der Waals surface area contributed by atoms with Gasteiger partial charge < -0.3 is 9.90 Å². The highest BCUT2D eigenvalue weighted by Crippen LogP contribution is 2.11. The number of rotatable bonds is 1. The number of Topliss-reactive ketones (excluding diaryl/α,β-unsaturated/α-hetero) is 1. The summed E-state index contributed by atoms with van der Waals surface area (Å²) < 4.78 is 0. The van der Waals surface area contributed by atoms with Gasteiger partial charge in [-0.3, -0.25) is 0 Å². The van der Waals surface area contributed by atoms with Crippen LogP contribution in [0.25, 0.3) is 0 Å². The lowest BCUT2D eigenvalue weighted by atomic mass is 10.1. The quantitative estimate of drug-likeness (QED) is 0.664. The van der Waals surface area contributed by atoms with Crippen molar-refractivity contribution >= 4 is 5.78 Å². The van der Waals surface area contributed by atoms with Crippen molar-refractivity contribution in [2.24, 2.45) is 10.2 Å². The summed E-state index contributed by atoms with van der Waals surface area (Å²) in [4.78, 5) is 9.44. The number of ketones is 1. The van der Waals surface area contributed by atoms with Gasteiger partial charge in [-0.15, -0.1) is 0 Å². The summed E-state index contributed by atoms with van der Waals surface area (Å²) in [6, 6.07) is 0. The summed E-state index contributed by atoms with van der Waals surface area (Å²) in [5.74, 6) is 0.167. The van der Waals surface area contributed by atoms with Gasteiger partial charge in [0.25, 0.3) is 0 Å². The molecular formula is C10H22N2O2. The molecule has 0 aromatic heterocycles. The molecule has 0 saturated heterocycles. The van der Waals surface area contributed by atoms with Crippen molar-refractivity contribution in [3.05, 3.63) is 0 Å². The maximum absolute atomic E-state index is 9.44. The van der Waals surface area contributed by atoms with Crippen LogP contribution < -0.4 is 0 Å². The minimum atomic E-state index is -1.03. The number of carbonyl (C=O) groups excluding carboxylic acids is 1. The Labute approximate surface area is 86.4 Å². The molecular weight excluding hydrogens is 180 g/mol. The Balaban J connectivity index is 0. The van der Waals surface area contributed by atoms with E-state index in [1.165, 1.54) is 13.8 Å². The van der Waals surface area contributed by atoms with Crippen molar-refractivity contribution in [3.8, 4) is 0 Å². The SMILES string of the molecule is CC(C)(C)/N=N/C(C)(C)O.CC(C)=O. The Kier molecular flexibility index (Phi) is 6.56. The van der Waals surface area contributed by atoms with Gasteiger partial charge in [0.15, 0.2) is 5.72 Å². The number of azo groups is 1. The smallest absolute Gasteiger partial charge is 0.170 e. The molecule has 0 aromatic carbocycles. The fourth-order valence-corrected chi connectivity index (χ4v) is 0.272. The molecule has 0 heterocycles. The number of hydrogen-bond donors (Lipinski definition) is 1. The lowest BCUT2D eigenvalue weighted by Gasteiger charge is -2.14. The van der Waals surface area contributed by atoms with Gasteiger partial charge in [0.05, 0.1) is 5.54 Å². The van der Waals surface area contributed by atoms with Gasteiger partial charge in [0.1, 0.15) is 5.78 Å². The highest BCUT2D eigenvalue weighted by molar-refractivity contribution is 5.72. The molecule has 0 aliphatic heterocycles. The van der Waals surface area contributed by atoms with Crippen molar-refractivity contribution in [2.75, 3.05) is 0 Å². The highest BCUT2D eigenvalue weighted by atomic mass is 16.3. The second-order valence-electron chi connectivity index (χ2n) is 4.77. The first-order valence-electron chi connectivity index (χ1n) is 4.57. The van der Waals surface area contributed by atoms with E-state index >= 15 is 0 Å². The Morgan fingerprint density at radius 1 is 1.00 bits per heavy atom. The standard InChI is InChI=1S/C7H16N2O.C3H6O/c1-6(2,3)8-9-7(4,5)10;1-3(2)4/h10H,1-5H3;1-2H3/b9-8+;.